The fraction of sp³-hybridized carbons (Fsp3) is 0.636. The van der Waals surface area contributed by atoms with Crippen molar-refractivity contribution >= 4 is 5.97 Å². The summed E-state index contributed by atoms with van der Waals surface area (Å²) >= 11 is 0. The van der Waals surface area contributed by atoms with Crippen LogP contribution in [-0.4, -0.2) is 34.6 Å². The molecule has 5 nitrogen and oxygen atoms in total. The lowest BCUT2D eigenvalue weighted by atomic mass is 10.2. The van der Waals surface area contributed by atoms with Crippen LogP contribution in [-0.2, 0) is 4.79 Å². The Labute approximate surface area is 95.1 Å². The molecule has 0 saturated carbocycles. The van der Waals surface area contributed by atoms with E-state index in [0.717, 1.165) is 11.5 Å². The molecule has 0 bridgehead atoms. The van der Waals surface area contributed by atoms with E-state index in [0.29, 0.717) is 12.4 Å². The monoisotopic (exact) mass is 226 g/mol. The first-order valence-electron chi connectivity index (χ1n) is 5.27. The molecule has 0 fully saturated rings. The van der Waals surface area contributed by atoms with Crippen LogP contribution in [0.2, 0.25) is 0 Å². The highest BCUT2D eigenvalue weighted by molar-refractivity contribution is 5.66. The van der Waals surface area contributed by atoms with Crippen LogP contribution in [0.15, 0.2) is 4.42 Å². The number of hydrogen-bond acceptors (Lipinski definition) is 4. The molecule has 0 amide bonds. The van der Waals surface area contributed by atoms with Gasteiger partial charge in [0.05, 0.1) is 18.2 Å². The fourth-order valence-electron chi connectivity index (χ4n) is 1.61. The van der Waals surface area contributed by atoms with Gasteiger partial charge >= 0.3 is 5.97 Å². The van der Waals surface area contributed by atoms with Gasteiger partial charge in [-0.1, -0.05) is 0 Å². The van der Waals surface area contributed by atoms with Crippen molar-refractivity contribution in [3.63, 3.8) is 0 Å². The molecule has 90 valence electrons. The summed E-state index contributed by atoms with van der Waals surface area (Å²) in [6.07, 6.45) is 0.136. The maximum Gasteiger partial charge on any atom is 0.304 e. The second-order valence-corrected chi connectivity index (χ2v) is 3.97. The van der Waals surface area contributed by atoms with E-state index in [1.54, 1.807) is 6.92 Å². The molecule has 1 aromatic rings. The summed E-state index contributed by atoms with van der Waals surface area (Å²) in [7, 11) is 1.89. The Morgan fingerprint density at radius 2 is 2.19 bits per heavy atom. The van der Waals surface area contributed by atoms with Crippen molar-refractivity contribution in [3.05, 3.63) is 17.3 Å². The zero-order valence-electron chi connectivity index (χ0n) is 10.1. The summed E-state index contributed by atoms with van der Waals surface area (Å²) < 4.78 is 5.36. The number of carboxylic acid groups (broad SMARTS) is 1. The number of hydrogen-bond donors (Lipinski definition) is 1. The quantitative estimate of drug-likeness (QED) is 0.828. The largest absolute Gasteiger partial charge is 0.481 e. The van der Waals surface area contributed by atoms with E-state index in [4.69, 9.17) is 9.52 Å². The Morgan fingerprint density at radius 1 is 1.56 bits per heavy atom. The van der Waals surface area contributed by atoms with Crippen LogP contribution in [0.3, 0.4) is 0 Å². The summed E-state index contributed by atoms with van der Waals surface area (Å²) in [4.78, 5) is 16.7. The number of carbonyl (C=O) groups is 1. The minimum Gasteiger partial charge on any atom is -0.481 e. The van der Waals surface area contributed by atoms with E-state index in [1.165, 1.54) is 0 Å². The highest BCUT2D eigenvalue weighted by atomic mass is 16.4. The van der Waals surface area contributed by atoms with Crippen LogP contribution < -0.4 is 0 Å². The molecule has 5 heteroatoms. The molecule has 0 saturated heterocycles. The lowest BCUT2D eigenvalue weighted by Gasteiger charge is -2.22. The van der Waals surface area contributed by atoms with Gasteiger partial charge in [0.15, 0.2) is 5.89 Å². The van der Waals surface area contributed by atoms with Crippen molar-refractivity contribution in [3.8, 4) is 0 Å². The van der Waals surface area contributed by atoms with Gasteiger partial charge in [0.25, 0.3) is 0 Å². The van der Waals surface area contributed by atoms with Crippen LogP contribution in [0.5, 0.6) is 0 Å². The summed E-state index contributed by atoms with van der Waals surface area (Å²) in [6, 6.07) is 0.0665. The minimum atomic E-state index is -0.785. The zero-order chi connectivity index (χ0) is 12.3. The normalized spacial score (nSPS) is 13.1. The van der Waals surface area contributed by atoms with Crippen LogP contribution in [0, 0.1) is 13.8 Å². The SMILES string of the molecule is Cc1nc(C(C)N(C)CCC(=O)O)c(C)o1. The second kappa shape index (κ2) is 5.12. The van der Waals surface area contributed by atoms with Gasteiger partial charge in [0, 0.05) is 13.5 Å². The number of rotatable bonds is 5. The van der Waals surface area contributed by atoms with Crippen molar-refractivity contribution in [1.29, 1.82) is 0 Å². The third-order valence-electron chi connectivity index (χ3n) is 2.67. The molecule has 1 atom stereocenters. The Kier molecular flexibility index (Phi) is 4.06. The van der Waals surface area contributed by atoms with Gasteiger partial charge in [-0.25, -0.2) is 4.98 Å². The average molecular weight is 226 g/mol. The van der Waals surface area contributed by atoms with Crippen molar-refractivity contribution in [2.75, 3.05) is 13.6 Å². The van der Waals surface area contributed by atoms with Gasteiger partial charge in [0.1, 0.15) is 5.76 Å². The number of aryl methyl sites for hydroxylation is 2. The molecular formula is C11H18N2O3. The van der Waals surface area contributed by atoms with Gasteiger partial charge in [-0.05, 0) is 20.9 Å². The number of aromatic nitrogens is 1. The molecule has 1 aromatic heterocycles. The van der Waals surface area contributed by atoms with E-state index in [-0.39, 0.29) is 12.5 Å². The molecule has 16 heavy (non-hydrogen) atoms. The first-order valence-corrected chi connectivity index (χ1v) is 5.27. The number of carboxylic acids is 1. The van der Waals surface area contributed by atoms with Crippen molar-refractivity contribution in [1.82, 2.24) is 9.88 Å². The van der Waals surface area contributed by atoms with Crippen molar-refractivity contribution in [2.45, 2.75) is 33.2 Å². The summed E-state index contributed by atoms with van der Waals surface area (Å²) in [5, 5.41) is 8.61. The Hall–Kier alpha value is -1.36. The Morgan fingerprint density at radius 3 is 2.62 bits per heavy atom. The third kappa shape index (κ3) is 3.06. The first-order chi connectivity index (χ1) is 7.41. The van der Waals surface area contributed by atoms with Gasteiger partial charge < -0.3 is 9.52 Å². The molecule has 1 rings (SSSR count). The van der Waals surface area contributed by atoms with Crippen LogP contribution in [0.4, 0.5) is 0 Å². The van der Waals surface area contributed by atoms with Gasteiger partial charge in [0.2, 0.25) is 0 Å². The number of aliphatic carboxylic acids is 1. The molecule has 0 aliphatic rings. The summed E-state index contributed by atoms with van der Waals surface area (Å²) in [6.45, 7) is 6.17. The molecule has 0 aromatic carbocycles. The van der Waals surface area contributed by atoms with Crippen LogP contribution in [0.25, 0.3) is 0 Å². The third-order valence-corrected chi connectivity index (χ3v) is 2.67. The predicted octanol–water partition coefficient (Wildman–Crippen LogP) is 1.76. The summed E-state index contributed by atoms with van der Waals surface area (Å²) in [5.41, 5.74) is 0.880. The predicted molar refractivity (Wildman–Crippen MR) is 59.3 cm³/mol. The number of nitrogens with zero attached hydrogens (tertiary/aromatic N) is 2. The van der Waals surface area contributed by atoms with Crippen LogP contribution >= 0.6 is 0 Å². The fourth-order valence-corrected chi connectivity index (χ4v) is 1.61. The lowest BCUT2D eigenvalue weighted by molar-refractivity contribution is -0.137. The van der Waals surface area contributed by atoms with E-state index < -0.39 is 5.97 Å². The maximum atomic E-state index is 10.5. The lowest BCUT2D eigenvalue weighted by Crippen LogP contribution is -2.25. The molecular weight excluding hydrogens is 208 g/mol. The van der Waals surface area contributed by atoms with Gasteiger partial charge in [-0.15, -0.1) is 0 Å². The molecule has 1 N–H and O–H groups in total. The molecule has 0 aliphatic heterocycles. The van der Waals surface area contributed by atoms with Gasteiger partial charge in [-0.2, -0.15) is 0 Å². The highest BCUT2D eigenvalue weighted by Crippen LogP contribution is 2.22. The number of oxazole rings is 1. The van der Waals surface area contributed by atoms with E-state index in [9.17, 15) is 4.79 Å². The standard InChI is InChI=1S/C11H18N2O3/c1-7(13(4)6-5-10(14)15)11-8(2)16-9(3)12-11/h7H,5-6H2,1-4H3,(H,14,15). The molecule has 1 unspecified atom stereocenters. The highest BCUT2D eigenvalue weighted by Gasteiger charge is 2.18. The topological polar surface area (TPSA) is 66.6 Å². The van der Waals surface area contributed by atoms with Crippen molar-refractivity contribution < 1.29 is 14.3 Å². The maximum absolute atomic E-state index is 10.5. The Bertz CT molecular complexity index is 373. The Balaban J connectivity index is 2.66. The minimum absolute atomic E-state index is 0.0665. The van der Waals surface area contributed by atoms with Crippen LogP contribution in [0.1, 0.15) is 36.7 Å². The molecule has 0 aliphatic carbocycles. The zero-order valence-corrected chi connectivity index (χ0v) is 10.1. The smallest absolute Gasteiger partial charge is 0.304 e. The summed E-state index contributed by atoms with van der Waals surface area (Å²) in [5.74, 6) is 0.658. The molecule has 1 heterocycles. The molecule has 0 spiro atoms. The van der Waals surface area contributed by atoms with Gasteiger partial charge in [-0.3, -0.25) is 9.69 Å². The average Bonchev–Trinajstić information content (AvgIpc) is 2.53. The van der Waals surface area contributed by atoms with E-state index in [1.807, 2.05) is 25.8 Å². The second-order valence-electron chi connectivity index (χ2n) is 3.97. The van der Waals surface area contributed by atoms with E-state index in [2.05, 4.69) is 4.98 Å². The van der Waals surface area contributed by atoms with E-state index >= 15 is 0 Å². The van der Waals surface area contributed by atoms with Crippen molar-refractivity contribution in [2.24, 2.45) is 0 Å². The first kappa shape index (κ1) is 12.7. The molecule has 0 radical (unpaired) electrons.